The van der Waals surface area contributed by atoms with E-state index < -0.39 is 34.1 Å². The molecule has 0 heterocycles. The van der Waals surface area contributed by atoms with E-state index in [2.05, 4.69) is 20.7 Å². The average molecular weight is 393 g/mol. The number of hydrogen-bond donors (Lipinski definition) is 2. The highest BCUT2D eigenvalue weighted by molar-refractivity contribution is 9.10. The van der Waals surface area contributed by atoms with E-state index in [1.165, 1.54) is 0 Å². The zero-order valence-corrected chi connectivity index (χ0v) is 12.4. The molecule has 0 aliphatic carbocycles. The fourth-order valence-electron chi connectivity index (χ4n) is 1.22. The van der Waals surface area contributed by atoms with E-state index in [4.69, 9.17) is 4.55 Å². The Morgan fingerprint density at radius 3 is 2.38 bits per heavy atom. The molecule has 0 saturated carbocycles. The summed E-state index contributed by atoms with van der Waals surface area (Å²) in [5.74, 6) is -3.51. The van der Waals surface area contributed by atoms with Gasteiger partial charge in [-0.05, 0) is 34.1 Å². The predicted molar refractivity (Wildman–Crippen MR) is 67.5 cm³/mol. The highest BCUT2D eigenvalue weighted by atomic mass is 79.9. The molecule has 0 fully saturated rings. The number of alkyl halides is 3. The first kappa shape index (κ1) is 17.7. The Morgan fingerprint density at radius 2 is 1.95 bits per heavy atom. The van der Waals surface area contributed by atoms with Crippen LogP contribution in [0.5, 0.6) is 5.75 Å². The molecule has 0 saturated heterocycles. The van der Waals surface area contributed by atoms with E-state index >= 15 is 0 Å². The van der Waals surface area contributed by atoms with Crippen molar-refractivity contribution < 1.29 is 40.8 Å². The van der Waals surface area contributed by atoms with Gasteiger partial charge in [0, 0.05) is 0 Å². The summed E-state index contributed by atoms with van der Waals surface area (Å²) in [5.41, 5.74) is -0.343. The van der Waals surface area contributed by atoms with Crippen LogP contribution in [0, 0.1) is 0 Å². The number of phenols is 1. The molecule has 1 aromatic rings. The van der Waals surface area contributed by atoms with Crippen molar-refractivity contribution in [3.8, 4) is 5.75 Å². The fourth-order valence-corrected chi connectivity index (χ4v) is 2.24. The van der Waals surface area contributed by atoms with E-state index in [9.17, 15) is 31.5 Å². The molecule has 0 amide bonds. The number of benzene rings is 1. The minimum absolute atomic E-state index is 0.0373. The minimum atomic E-state index is -5.17. The monoisotopic (exact) mass is 392 g/mol. The first-order valence-corrected chi connectivity index (χ1v) is 7.52. The van der Waals surface area contributed by atoms with Gasteiger partial charge in [-0.3, -0.25) is 4.55 Å². The van der Waals surface area contributed by atoms with Gasteiger partial charge in [-0.1, -0.05) is 0 Å². The molecule has 0 aliphatic rings. The molecule has 2 N–H and O–H groups in total. The summed E-state index contributed by atoms with van der Waals surface area (Å²) in [7, 11) is -5.00. The predicted octanol–water partition coefficient (Wildman–Crippen LogP) is 2.13. The smallest absolute Gasteiger partial charge is 0.426 e. The Bertz CT molecular complexity index is 643. The van der Waals surface area contributed by atoms with Crippen LogP contribution in [-0.4, -0.2) is 42.1 Å². The molecule has 21 heavy (non-hydrogen) atoms. The van der Waals surface area contributed by atoms with Crippen molar-refractivity contribution in [3.05, 3.63) is 28.2 Å². The number of phenolic OH excluding ortho intramolecular Hbond substituents is 1. The molecule has 1 atom stereocenters. The average Bonchev–Trinajstić information content (AvgIpc) is 2.28. The van der Waals surface area contributed by atoms with Crippen molar-refractivity contribution >= 4 is 32.0 Å². The molecule has 1 rings (SSSR count). The zero-order valence-electron chi connectivity index (χ0n) is 9.96. The molecule has 1 aromatic carbocycles. The van der Waals surface area contributed by atoms with Gasteiger partial charge in [-0.25, -0.2) is 4.79 Å². The van der Waals surface area contributed by atoms with Crippen LogP contribution in [-0.2, 0) is 14.9 Å². The van der Waals surface area contributed by atoms with Crippen LogP contribution in [0.4, 0.5) is 13.2 Å². The molecule has 6 nitrogen and oxygen atoms in total. The van der Waals surface area contributed by atoms with Gasteiger partial charge in [0.25, 0.3) is 10.1 Å². The third kappa shape index (κ3) is 5.52. The van der Waals surface area contributed by atoms with Crippen molar-refractivity contribution in [1.29, 1.82) is 0 Å². The van der Waals surface area contributed by atoms with E-state index in [1.54, 1.807) is 0 Å². The summed E-state index contributed by atoms with van der Waals surface area (Å²) < 4.78 is 71.3. The number of esters is 1. The van der Waals surface area contributed by atoms with Crippen LogP contribution in [0.3, 0.4) is 0 Å². The summed E-state index contributed by atoms with van der Waals surface area (Å²) in [4.78, 5) is 11.5. The van der Waals surface area contributed by atoms with Gasteiger partial charge < -0.3 is 9.84 Å². The summed E-state index contributed by atoms with van der Waals surface area (Å²) in [5, 5.41) is 9.20. The zero-order chi connectivity index (χ0) is 16.4. The third-order valence-corrected chi connectivity index (χ3v) is 3.52. The maximum atomic E-state index is 12.6. The van der Waals surface area contributed by atoms with E-state index in [0.717, 1.165) is 18.2 Å². The van der Waals surface area contributed by atoms with E-state index in [-0.39, 0.29) is 15.8 Å². The maximum Gasteiger partial charge on any atom is 0.426 e. The summed E-state index contributed by atoms with van der Waals surface area (Å²) in [6.45, 7) is 0. The lowest BCUT2D eigenvalue weighted by Gasteiger charge is -2.19. The van der Waals surface area contributed by atoms with Gasteiger partial charge in [0.15, 0.2) is 0 Å². The Morgan fingerprint density at radius 1 is 1.38 bits per heavy atom. The lowest BCUT2D eigenvalue weighted by molar-refractivity contribution is -0.197. The molecule has 0 aliphatic heterocycles. The molecule has 0 aromatic heterocycles. The molecule has 1 unspecified atom stereocenters. The fraction of sp³-hybridized carbons (Fsp3) is 0.300. The second-order valence-corrected chi connectivity index (χ2v) is 6.20. The van der Waals surface area contributed by atoms with E-state index in [1.807, 2.05) is 0 Å². The Balaban J connectivity index is 2.98. The van der Waals surface area contributed by atoms with Crippen LogP contribution in [0.1, 0.15) is 10.4 Å². The third-order valence-electron chi connectivity index (χ3n) is 2.16. The molecule has 0 bridgehead atoms. The largest absolute Gasteiger partial charge is 0.507 e. The van der Waals surface area contributed by atoms with Crippen molar-refractivity contribution in [2.75, 3.05) is 5.75 Å². The number of hydrogen-bond acceptors (Lipinski definition) is 5. The Labute approximate surface area is 125 Å². The lowest BCUT2D eigenvalue weighted by atomic mass is 10.2. The van der Waals surface area contributed by atoms with Gasteiger partial charge >= 0.3 is 12.1 Å². The number of halogens is 4. The van der Waals surface area contributed by atoms with Gasteiger partial charge in [-0.15, -0.1) is 0 Å². The number of aromatic hydroxyl groups is 1. The van der Waals surface area contributed by atoms with Crippen LogP contribution in [0.25, 0.3) is 0 Å². The lowest BCUT2D eigenvalue weighted by Crippen LogP contribution is -2.39. The Hall–Kier alpha value is -1.33. The summed E-state index contributed by atoms with van der Waals surface area (Å²) >= 11 is 2.85. The number of carbonyl (C=O) groups excluding carboxylic acids is 1. The highest BCUT2D eigenvalue weighted by Gasteiger charge is 2.45. The minimum Gasteiger partial charge on any atom is -0.507 e. The van der Waals surface area contributed by atoms with Gasteiger partial charge in [0.2, 0.25) is 6.10 Å². The highest BCUT2D eigenvalue weighted by Crippen LogP contribution is 2.27. The van der Waals surface area contributed by atoms with E-state index in [0.29, 0.717) is 0 Å². The SMILES string of the molecule is O=C(OC(CS(=O)(=O)O)C(F)(F)F)c1ccc(O)c(Br)c1. The number of ether oxygens (including phenoxy) is 1. The molecular formula is C10H8BrF3O6S. The molecule has 0 spiro atoms. The van der Waals surface area contributed by atoms with Crippen molar-refractivity contribution in [1.82, 2.24) is 0 Å². The van der Waals surface area contributed by atoms with Crippen molar-refractivity contribution in [3.63, 3.8) is 0 Å². The molecular weight excluding hydrogens is 385 g/mol. The number of rotatable bonds is 4. The standard InChI is InChI=1S/C10H8BrF3O6S/c11-6-3-5(1-2-7(6)15)9(16)20-8(10(12,13)14)4-21(17,18)19/h1-3,8,15H,4H2,(H,17,18,19). The quantitative estimate of drug-likeness (QED) is 0.601. The molecule has 118 valence electrons. The second kappa shape index (κ2) is 6.20. The normalized spacial score (nSPS) is 13.8. The van der Waals surface area contributed by atoms with Crippen LogP contribution < -0.4 is 0 Å². The topological polar surface area (TPSA) is 101 Å². The molecule has 11 heteroatoms. The first-order valence-electron chi connectivity index (χ1n) is 5.11. The summed E-state index contributed by atoms with van der Waals surface area (Å²) in [6, 6.07) is 3.02. The number of carbonyl (C=O) groups is 1. The van der Waals surface area contributed by atoms with Gasteiger partial charge in [-0.2, -0.15) is 21.6 Å². The second-order valence-electron chi connectivity index (χ2n) is 3.85. The van der Waals surface area contributed by atoms with Gasteiger partial charge in [0.05, 0.1) is 10.0 Å². The van der Waals surface area contributed by atoms with Crippen molar-refractivity contribution in [2.45, 2.75) is 12.3 Å². The van der Waals surface area contributed by atoms with Crippen molar-refractivity contribution in [2.24, 2.45) is 0 Å². The Kier molecular flexibility index (Phi) is 5.23. The summed E-state index contributed by atoms with van der Waals surface area (Å²) in [6.07, 6.45) is -8.17. The van der Waals surface area contributed by atoms with Crippen LogP contribution in [0.2, 0.25) is 0 Å². The maximum absolute atomic E-state index is 12.6. The van der Waals surface area contributed by atoms with Gasteiger partial charge in [0.1, 0.15) is 11.5 Å². The molecule has 0 radical (unpaired) electrons. The van der Waals surface area contributed by atoms with Crippen LogP contribution in [0.15, 0.2) is 22.7 Å². The van der Waals surface area contributed by atoms with Crippen LogP contribution >= 0.6 is 15.9 Å². The first-order chi connectivity index (χ1) is 9.40.